The van der Waals surface area contributed by atoms with Crippen LogP contribution in [0.2, 0.25) is 0 Å². The van der Waals surface area contributed by atoms with Crippen LogP contribution >= 0.6 is 27.3 Å². The molecule has 0 aliphatic rings. The third-order valence-electron chi connectivity index (χ3n) is 3.01. The minimum Gasteiger partial charge on any atom is -0.326 e. The molecule has 1 heterocycles. The summed E-state index contributed by atoms with van der Waals surface area (Å²) in [6.45, 7) is 6.23. The first-order valence-electron chi connectivity index (χ1n) is 6.35. The van der Waals surface area contributed by atoms with Gasteiger partial charge in [0.1, 0.15) is 5.01 Å². The normalized spacial score (nSPS) is 11.8. The van der Waals surface area contributed by atoms with Gasteiger partial charge in [0, 0.05) is 21.0 Å². The van der Waals surface area contributed by atoms with Crippen molar-refractivity contribution < 1.29 is 0 Å². The molecular formula is C15H19BrN2S. The summed E-state index contributed by atoms with van der Waals surface area (Å²) in [5, 5.41) is 3.23. The zero-order chi connectivity index (χ0) is 14.0. The second-order valence-electron chi connectivity index (χ2n) is 5.59. The van der Waals surface area contributed by atoms with E-state index in [0.717, 1.165) is 28.0 Å². The molecule has 0 fully saturated rings. The van der Waals surface area contributed by atoms with Gasteiger partial charge >= 0.3 is 0 Å². The summed E-state index contributed by atoms with van der Waals surface area (Å²) in [5.41, 5.74) is 9.48. The van der Waals surface area contributed by atoms with Crippen molar-refractivity contribution in [2.45, 2.75) is 39.2 Å². The fourth-order valence-corrected chi connectivity index (χ4v) is 3.12. The van der Waals surface area contributed by atoms with Crippen LogP contribution in [0, 0.1) is 6.92 Å². The summed E-state index contributed by atoms with van der Waals surface area (Å²) in [7, 11) is 0. The average molecular weight is 339 g/mol. The van der Waals surface area contributed by atoms with Gasteiger partial charge in [0.05, 0.1) is 5.69 Å². The fourth-order valence-electron chi connectivity index (χ4n) is 1.82. The Labute approximate surface area is 127 Å². The van der Waals surface area contributed by atoms with E-state index in [0.29, 0.717) is 0 Å². The molecule has 2 N–H and O–H groups in total. The van der Waals surface area contributed by atoms with Gasteiger partial charge < -0.3 is 5.73 Å². The molecule has 19 heavy (non-hydrogen) atoms. The summed E-state index contributed by atoms with van der Waals surface area (Å²) in [4.78, 5) is 4.73. The van der Waals surface area contributed by atoms with Gasteiger partial charge in [-0.15, -0.1) is 11.3 Å². The molecular weight excluding hydrogens is 320 g/mol. The van der Waals surface area contributed by atoms with Gasteiger partial charge in [0.2, 0.25) is 0 Å². The van der Waals surface area contributed by atoms with Crippen molar-refractivity contribution in [2.24, 2.45) is 5.73 Å². The number of thiazole rings is 1. The summed E-state index contributed by atoms with van der Waals surface area (Å²) < 4.78 is 1.09. The molecule has 0 aliphatic heterocycles. The van der Waals surface area contributed by atoms with E-state index in [9.17, 15) is 0 Å². The summed E-state index contributed by atoms with van der Waals surface area (Å²) in [6, 6.07) is 6.30. The molecule has 0 spiro atoms. The molecule has 0 atom stereocenters. The van der Waals surface area contributed by atoms with Crippen LogP contribution < -0.4 is 5.73 Å². The van der Waals surface area contributed by atoms with Crippen LogP contribution in [0.25, 0.3) is 10.6 Å². The maximum atomic E-state index is 6.01. The van der Waals surface area contributed by atoms with E-state index < -0.39 is 0 Å². The Bertz CT molecular complexity index is 570. The highest BCUT2D eigenvalue weighted by Gasteiger charge is 2.13. The first kappa shape index (κ1) is 14.7. The largest absolute Gasteiger partial charge is 0.326 e. The Balaban J connectivity index is 2.19. The van der Waals surface area contributed by atoms with Crippen molar-refractivity contribution >= 4 is 27.3 Å². The Morgan fingerprint density at radius 1 is 1.37 bits per heavy atom. The number of benzene rings is 1. The van der Waals surface area contributed by atoms with Crippen molar-refractivity contribution in [1.29, 1.82) is 0 Å². The minimum absolute atomic E-state index is 0.129. The lowest BCUT2D eigenvalue weighted by Gasteiger charge is -2.16. The lowest BCUT2D eigenvalue weighted by molar-refractivity contribution is 0.475. The summed E-state index contributed by atoms with van der Waals surface area (Å²) in [5.74, 6) is 0. The maximum Gasteiger partial charge on any atom is 0.123 e. The third-order valence-corrected chi connectivity index (χ3v) is 4.42. The molecule has 0 bridgehead atoms. The van der Waals surface area contributed by atoms with Gasteiger partial charge in [-0.3, -0.25) is 0 Å². The van der Waals surface area contributed by atoms with Crippen molar-refractivity contribution in [3.05, 3.63) is 39.3 Å². The van der Waals surface area contributed by atoms with Crippen LogP contribution in [0.1, 0.15) is 31.5 Å². The van der Waals surface area contributed by atoms with E-state index >= 15 is 0 Å². The number of rotatable bonds is 4. The SMILES string of the molecule is Cc1ccc(Br)cc1-c1nc(CCC(C)(C)N)cs1. The molecule has 0 radical (unpaired) electrons. The second kappa shape index (κ2) is 5.73. The van der Waals surface area contributed by atoms with Crippen molar-refractivity contribution in [2.75, 3.05) is 0 Å². The van der Waals surface area contributed by atoms with E-state index in [1.807, 2.05) is 0 Å². The number of hydrogen-bond donors (Lipinski definition) is 1. The highest BCUT2D eigenvalue weighted by atomic mass is 79.9. The zero-order valence-corrected chi connectivity index (χ0v) is 13.9. The van der Waals surface area contributed by atoms with Crippen molar-refractivity contribution in [3.63, 3.8) is 0 Å². The van der Waals surface area contributed by atoms with Crippen LogP contribution in [0.15, 0.2) is 28.1 Å². The Morgan fingerprint density at radius 2 is 2.11 bits per heavy atom. The average Bonchev–Trinajstić information content (AvgIpc) is 2.77. The number of nitrogens with two attached hydrogens (primary N) is 1. The summed E-state index contributed by atoms with van der Waals surface area (Å²) in [6.07, 6.45) is 1.89. The van der Waals surface area contributed by atoms with Crippen LogP contribution in [0.5, 0.6) is 0 Å². The zero-order valence-electron chi connectivity index (χ0n) is 11.5. The molecule has 0 amide bonds. The van der Waals surface area contributed by atoms with Crippen LogP contribution in [0.4, 0.5) is 0 Å². The molecule has 0 saturated heterocycles. The second-order valence-corrected chi connectivity index (χ2v) is 7.37. The van der Waals surface area contributed by atoms with Gasteiger partial charge in [0.15, 0.2) is 0 Å². The van der Waals surface area contributed by atoms with Gasteiger partial charge in [0.25, 0.3) is 0 Å². The molecule has 1 aromatic carbocycles. The van der Waals surface area contributed by atoms with E-state index in [2.05, 4.69) is 60.3 Å². The lowest BCUT2D eigenvalue weighted by atomic mass is 9.99. The Morgan fingerprint density at radius 3 is 2.79 bits per heavy atom. The molecule has 4 heteroatoms. The number of hydrogen-bond acceptors (Lipinski definition) is 3. The highest BCUT2D eigenvalue weighted by Crippen LogP contribution is 2.29. The fraction of sp³-hybridized carbons (Fsp3) is 0.400. The first-order valence-corrected chi connectivity index (χ1v) is 8.02. The predicted molar refractivity (Wildman–Crippen MR) is 86.6 cm³/mol. The van der Waals surface area contributed by atoms with Gasteiger partial charge in [-0.05, 0) is 51.3 Å². The number of aryl methyl sites for hydroxylation is 2. The van der Waals surface area contributed by atoms with Gasteiger partial charge in [-0.2, -0.15) is 0 Å². The maximum absolute atomic E-state index is 6.01. The monoisotopic (exact) mass is 338 g/mol. The lowest BCUT2D eigenvalue weighted by Crippen LogP contribution is -2.32. The van der Waals surface area contributed by atoms with Gasteiger partial charge in [-0.1, -0.05) is 22.0 Å². The number of aromatic nitrogens is 1. The molecule has 102 valence electrons. The smallest absolute Gasteiger partial charge is 0.123 e. The first-order chi connectivity index (χ1) is 8.85. The molecule has 0 aliphatic carbocycles. The van der Waals surface area contributed by atoms with E-state index in [4.69, 9.17) is 10.7 Å². The third kappa shape index (κ3) is 4.13. The van der Waals surface area contributed by atoms with Gasteiger partial charge in [-0.25, -0.2) is 4.98 Å². The topological polar surface area (TPSA) is 38.9 Å². The standard InChI is InChI=1S/C15H19BrN2S/c1-10-4-5-11(16)8-13(10)14-18-12(9-19-14)6-7-15(2,3)17/h4-5,8-9H,6-7,17H2,1-3H3. The van der Waals surface area contributed by atoms with E-state index in [1.54, 1.807) is 11.3 Å². The van der Waals surface area contributed by atoms with Crippen molar-refractivity contribution in [1.82, 2.24) is 4.98 Å². The molecule has 0 saturated carbocycles. The Kier molecular flexibility index (Phi) is 4.43. The number of nitrogens with zero attached hydrogens (tertiary/aromatic N) is 1. The molecule has 2 nitrogen and oxygen atoms in total. The quantitative estimate of drug-likeness (QED) is 0.887. The Hall–Kier alpha value is -0.710. The van der Waals surface area contributed by atoms with Crippen LogP contribution in [0.3, 0.4) is 0 Å². The van der Waals surface area contributed by atoms with E-state index in [-0.39, 0.29) is 5.54 Å². The van der Waals surface area contributed by atoms with Crippen molar-refractivity contribution in [3.8, 4) is 10.6 Å². The van der Waals surface area contributed by atoms with Crippen LogP contribution in [-0.2, 0) is 6.42 Å². The highest BCUT2D eigenvalue weighted by molar-refractivity contribution is 9.10. The predicted octanol–water partition coefficient (Wildman–Crippen LogP) is 4.55. The molecule has 0 unspecified atom stereocenters. The van der Waals surface area contributed by atoms with Crippen LogP contribution in [-0.4, -0.2) is 10.5 Å². The molecule has 2 aromatic rings. The summed E-state index contributed by atoms with van der Waals surface area (Å²) >= 11 is 5.22. The number of halogens is 1. The van der Waals surface area contributed by atoms with E-state index in [1.165, 1.54) is 11.1 Å². The minimum atomic E-state index is -0.129. The molecule has 1 aromatic heterocycles. The molecule has 2 rings (SSSR count).